The van der Waals surface area contributed by atoms with Crippen LogP contribution in [0.15, 0.2) is 54.0 Å². The Bertz CT molecular complexity index is 1340. The van der Waals surface area contributed by atoms with Gasteiger partial charge in [-0.15, -0.1) is 11.3 Å². The van der Waals surface area contributed by atoms with Gasteiger partial charge in [-0.2, -0.15) is 0 Å². The Kier molecular flexibility index (Phi) is 8.06. The number of ether oxygens (including phenoxy) is 2. The maximum absolute atomic E-state index is 13.1. The molecule has 0 aliphatic carbocycles. The van der Waals surface area contributed by atoms with Gasteiger partial charge in [-0.05, 0) is 48.6 Å². The number of carbonyl (C=O) groups is 1. The van der Waals surface area contributed by atoms with Crippen LogP contribution in [0.4, 0.5) is 0 Å². The summed E-state index contributed by atoms with van der Waals surface area (Å²) < 4.78 is 11.1. The molecule has 0 unspecified atom stereocenters. The van der Waals surface area contributed by atoms with Gasteiger partial charge >= 0.3 is 0 Å². The number of nitrogens with one attached hydrogen (secondary N) is 1. The molecule has 0 atom stereocenters. The summed E-state index contributed by atoms with van der Waals surface area (Å²) in [7, 11) is 0. The van der Waals surface area contributed by atoms with Gasteiger partial charge in [0.15, 0.2) is 11.5 Å². The number of hydrogen-bond donors (Lipinski definition) is 1. The van der Waals surface area contributed by atoms with E-state index in [0.717, 1.165) is 73.0 Å². The first-order chi connectivity index (χ1) is 18.1. The molecule has 1 N–H and O–H groups in total. The van der Waals surface area contributed by atoms with Crippen molar-refractivity contribution in [2.24, 2.45) is 0 Å². The van der Waals surface area contributed by atoms with Crippen molar-refractivity contribution in [2.75, 3.05) is 26.4 Å². The number of fused-ring (bicyclic) bond motifs is 2. The molecule has 8 heteroatoms. The molecule has 3 heterocycles. The normalized spacial score (nSPS) is 12.5. The van der Waals surface area contributed by atoms with E-state index >= 15 is 0 Å². The van der Waals surface area contributed by atoms with Crippen molar-refractivity contribution in [1.29, 1.82) is 0 Å². The molecule has 37 heavy (non-hydrogen) atoms. The Hall–Kier alpha value is -3.36. The Morgan fingerprint density at radius 3 is 2.68 bits per heavy atom. The van der Waals surface area contributed by atoms with Crippen LogP contribution in [0.2, 0.25) is 0 Å². The number of nitrogens with zero attached hydrogens (tertiary/aromatic N) is 3. The van der Waals surface area contributed by atoms with Crippen molar-refractivity contribution >= 4 is 28.1 Å². The number of amides is 1. The molecule has 7 nitrogen and oxygen atoms in total. The van der Waals surface area contributed by atoms with Crippen LogP contribution in [0.5, 0.6) is 11.5 Å². The van der Waals surface area contributed by atoms with E-state index in [1.807, 2.05) is 16.3 Å². The third-order valence-corrected chi connectivity index (χ3v) is 7.45. The van der Waals surface area contributed by atoms with Crippen molar-refractivity contribution in [1.82, 2.24) is 19.8 Å². The monoisotopic (exact) mass is 518 g/mol. The quantitative estimate of drug-likeness (QED) is 0.254. The average molecular weight is 519 g/mol. The van der Waals surface area contributed by atoms with Crippen LogP contribution in [0.25, 0.3) is 10.9 Å². The van der Waals surface area contributed by atoms with Gasteiger partial charge in [-0.1, -0.05) is 38.1 Å². The maximum Gasteiger partial charge on any atom is 0.273 e. The van der Waals surface area contributed by atoms with E-state index in [1.165, 1.54) is 10.9 Å². The summed E-state index contributed by atoms with van der Waals surface area (Å²) in [6.07, 6.45) is 4.91. The Labute approximate surface area is 222 Å². The predicted molar refractivity (Wildman–Crippen MR) is 147 cm³/mol. The lowest BCUT2D eigenvalue weighted by molar-refractivity contribution is 0.0750. The molecule has 4 aromatic rings. The third-order valence-electron chi connectivity index (χ3n) is 6.62. The fourth-order valence-electron chi connectivity index (χ4n) is 4.82. The standard InChI is InChI=1S/C29H34N4O3S/c1-3-12-33(13-4-2)29(34)25-19-37-28(31-25)18-32(17-21-9-10-26-27(15-21)36-20-35-26)14-11-22-16-30-24-8-6-5-7-23(22)24/h5-10,15-16,19,30H,3-4,11-14,17-18,20H2,1-2H3. The first-order valence-electron chi connectivity index (χ1n) is 13.0. The molecule has 0 fully saturated rings. The number of hydrogen-bond acceptors (Lipinski definition) is 6. The number of benzene rings is 2. The summed E-state index contributed by atoms with van der Waals surface area (Å²) in [5.41, 5.74) is 4.18. The molecule has 0 radical (unpaired) electrons. The lowest BCUT2D eigenvalue weighted by atomic mass is 10.1. The van der Waals surface area contributed by atoms with Gasteiger partial charge in [0, 0.05) is 48.7 Å². The van der Waals surface area contributed by atoms with Crippen LogP contribution in [0, 0.1) is 0 Å². The van der Waals surface area contributed by atoms with E-state index in [4.69, 9.17) is 14.5 Å². The molecule has 0 bridgehead atoms. The van der Waals surface area contributed by atoms with E-state index in [0.29, 0.717) is 12.2 Å². The van der Waals surface area contributed by atoms with Gasteiger partial charge < -0.3 is 19.4 Å². The molecule has 2 aromatic heterocycles. The van der Waals surface area contributed by atoms with Gasteiger partial charge in [0.05, 0.1) is 6.54 Å². The highest BCUT2D eigenvalue weighted by Crippen LogP contribution is 2.33. The maximum atomic E-state index is 13.1. The zero-order valence-corrected chi connectivity index (χ0v) is 22.4. The van der Waals surface area contributed by atoms with Crippen molar-refractivity contribution in [3.63, 3.8) is 0 Å². The van der Waals surface area contributed by atoms with Crippen LogP contribution < -0.4 is 9.47 Å². The molecule has 0 saturated heterocycles. The lowest BCUT2D eigenvalue weighted by Crippen LogP contribution is -2.32. The number of rotatable bonds is 12. The highest BCUT2D eigenvalue weighted by molar-refractivity contribution is 7.09. The van der Waals surface area contributed by atoms with Crippen molar-refractivity contribution < 1.29 is 14.3 Å². The summed E-state index contributed by atoms with van der Waals surface area (Å²) in [5.74, 6) is 1.62. The fraction of sp³-hybridized carbons (Fsp3) is 0.379. The first kappa shape index (κ1) is 25.3. The minimum Gasteiger partial charge on any atom is -0.454 e. The largest absolute Gasteiger partial charge is 0.454 e. The number of carbonyl (C=O) groups excluding carboxylic acids is 1. The highest BCUT2D eigenvalue weighted by atomic mass is 32.1. The van der Waals surface area contributed by atoms with Crippen LogP contribution >= 0.6 is 11.3 Å². The molecule has 1 aliphatic rings. The third kappa shape index (κ3) is 5.97. The first-order valence-corrected chi connectivity index (χ1v) is 13.9. The molecule has 0 saturated carbocycles. The van der Waals surface area contributed by atoms with Crippen LogP contribution in [0.3, 0.4) is 0 Å². The summed E-state index contributed by atoms with van der Waals surface area (Å²) >= 11 is 1.57. The van der Waals surface area contributed by atoms with E-state index in [2.05, 4.69) is 66.3 Å². The summed E-state index contributed by atoms with van der Waals surface area (Å²) in [6, 6.07) is 14.5. The Balaban J connectivity index is 1.32. The molecule has 1 aliphatic heterocycles. The van der Waals surface area contributed by atoms with Crippen molar-refractivity contribution in [2.45, 2.75) is 46.2 Å². The average Bonchev–Trinajstić information content (AvgIpc) is 3.66. The second-order valence-corrected chi connectivity index (χ2v) is 10.4. The Morgan fingerprint density at radius 1 is 1.03 bits per heavy atom. The smallest absolute Gasteiger partial charge is 0.273 e. The van der Waals surface area contributed by atoms with E-state index in [1.54, 1.807) is 11.3 Å². The summed E-state index contributed by atoms with van der Waals surface area (Å²) in [4.78, 5) is 25.5. The number of H-pyrrole nitrogens is 1. The molecular weight excluding hydrogens is 484 g/mol. The second kappa shape index (κ2) is 11.8. The summed E-state index contributed by atoms with van der Waals surface area (Å²) in [6.45, 7) is 8.29. The van der Waals surface area contributed by atoms with E-state index in [9.17, 15) is 4.79 Å². The van der Waals surface area contributed by atoms with Gasteiger partial charge in [-0.3, -0.25) is 9.69 Å². The van der Waals surface area contributed by atoms with E-state index in [-0.39, 0.29) is 12.7 Å². The van der Waals surface area contributed by atoms with Crippen LogP contribution in [-0.4, -0.2) is 52.1 Å². The minimum absolute atomic E-state index is 0.0345. The van der Waals surface area contributed by atoms with Crippen LogP contribution in [-0.2, 0) is 19.5 Å². The predicted octanol–water partition coefficient (Wildman–Crippen LogP) is 5.86. The SMILES string of the molecule is CCCN(CCC)C(=O)c1csc(CN(CCc2c[nH]c3ccccc23)Cc2ccc3c(c2)OCO3)n1. The van der Waals surface area contributed by atoms with Crippen molar-refractivity contribution in [3.8, 4) is 11.5 Å². The zero-order chi connectivity index (χ0) is 25.6. The lowest BCUT2D eigenvalue weighted by Gasteiger charge is -2.22. The van der Waals surface area contributed by atoms with Crippen LogP contribution in [0.1, 0.15) is 53.3 Å². The number of thiazole rings is 1. The molecular formula is C29H34N4O3S. The molecule has 2 aromatic carbocycles. The molecule has 194 valence electrons. The summed E-state index contributed by atoms with van der Waals surface area (Å²) in [5, 5.41) is 4.13. The number of aromatic nitrogens is 2. The zero-order valence-electron chi connectivity index (χ0n) is 21.5. The Morgan fingerprint density at radius 2 is 1.84 bits per heavy atom. The minimum atomic E-state index is 0.0345. The van der Waals surface area contributed by atoms with E-state index < -0.39 is 0 Å². The van der Waals surface area contributed by atoms with Gasteiger partial charge in [0.1, 0.15) is 10.7 Å². The highest BCUT2D eigenvalue weighted by Gasteiger charge is 2.20. The molecule has 0 spiro atoms. The second-order valence-electron chi connectivity index (χ2n) is 9.43. The van der Waals surface area contributed by atoms with Gasteiger partial charge in [0.25, 0.3) is 5.91 Å². The molecule has 5 rings (SSSR count). The number of aromatic amines is 1. The van der Waals surface area contributed by atoms with Gasteiger partial charge in [0.2, 0.25) is 6.79 Å². The topological polar surface area (TPSA) is 70.7 Å². The van der Waals surface area contributed by atoms with Gasteiger partial charge in [-0.25, -0.2) is 4.98 Å². The number of para-hydroxylation sites is 1. The molecule has 1 amide bonds. The fourth-order valence-corrected chi connectivity index (χ4v) is 5.63. The van der Waals surface area contributed by atoms with Crippen molar-refractivity contribution in [3.05, 3.63) is 75.9 Å².